The number of aliphatic hydroxyl groups is 2. The molecule has 1 aliphatic rings. The van der Waals surface area contributed by atoms with Crippen LogP contribution in [0.2, 0.25) is 5.15 Å². The van der Waals surface area contributed by atoms with Crippen LogP contribution in [0.25, 0.3) is 0 Å². The van der Waals surface area contributed by atoms with Crippen molar-refractivity contribution in [3.63, 3.8) is 0 Å². The molecular weight excluding hydrogens is 402 g/mol. The van der Waals surface area contributed by atoms with E-state index in [0.29, 0.717) is 48.6 Å². The van der Waals surface area contributed by atoms with E-state index < -0.39 is 0 Å². The second-order valence-corrected chi connectivity index (χ2v) is 7.85. The lowest BCUT2D eigenvalue weighted by Gasteiger charge is -2.29. The summed E-state index contributed by atoms with van der Waals surface area (Å²) in [6.45, 7) is 3.23. The van der Waals surface area contributed by atoms with Crippen LogP contribution in [-0.4, -0.2) is 57.8 Å². The number of hydrogen-bond acceptors (Lipinski definition) is 5. The Hall–Kier alpha value is -2.59. The molecule has 0 unspecified atom stereocenters. The molecule has 2 heterocycles. The highest BCUT2D eigenvalue weighted by Crippen LogP contribution is 2.20. The number of aliphatic hydroxyl groups excluding tert-OH is 2. The lowest BCUT2D eigenvalue weighted by Crippen LogP contribution is -2.40. The zero-order valence-electron chi connectivity index (χ0n) is 16.9. The minimum absolute atomic E-state index is 0.0207. The molecule has 3 rings (SSSR count). The van der Waals surface area contributed by atoms with Crippen molar-refractivity contribution in [3.8, 4) is 11.8 Å². The van der Waals surface area contributed by atoms with Crippen molar-refractivity contribution in [1.82, 2.24) is 9.88 Å². The Morgan fingerprint density at radius 3 is 2.67 bits per heavy atom. The van der Waals surface area contributed by atoms with Gasteiger partial charge >= 0.3 is 0 Å². The Kier molecular flexibility index (Phi) is 7.69. The maximum Gasteiger partial charge on any atom is 0.253 e. The Morgan fingerprint density at radius 1 is 1.30 bits per heavy atom. The minimum Gasteiger partial charge on any atom is -0.396 e. The quantitative estimate of drug-likeness (QED) is 0.504. The molecule has 0 aliphatic carbocycles. The van der Waals surface area contributed by atoms with Crippen molar-refractivity contribution >= 4 is 23.2 Å². The second kappa shape index (κ2) is 10.4. The molecule has 158 valence electrons. The molecule has 1 fully saturated rings. The molecule has 1 atom stereocenters. The Balaban J connectivity index is 1.71. The monoisotopic (exact) mass is 427 g/mol. The smallest absolute Gasteiger partial charge is 0.253 e. The number of benzene rings is 1. The fourth-order valence-corrected chi connectivity index (χ4v) is 3.43. The van der Waals surface area contributed by atoms with Gasteiger partial charge in [-0.15, -0.1) is 0 Å². The topological polar surface area (TPSA) is 85.7 Å². The summed E-state index contributed by atoms with van der Waals surface area (Å²) in [5.74, 6) is 6.18. The van der Waals surface area contributed by atoms with Crippen LogP contribution in [0, 0.1) is 11.8 Å². The van der Waals surface area contributed by atoms with Crippen LogP contribution in [0.15, 0.2) is 36.5 Å². The summed E-state index contributed by atoms with van der Waals surface area (Å²) >= 11 is 6.02. The molecule has 3 N–H and O–H groups in total. The molecule has 6 nitrogen and oxygen atoms in total. The van der Waals surface area contributed by atoms with Crippen LogP contribution in [-0.2, 0) is 0 Å². The number of anilines is 1. The summed E-state index contributed by atoms with van der Waals surface area (Å²) in [6, 6.07) is 8.99. The lowest BCUT2D eigenvalue weighted by molar-refractivity contribution is 0.0546. The molecule has 1 aromatic carbocycles. The Labute approximate surface area is 181 Å². The maximum absolute atomic E-state index is 12.6. The molecule has 0 saturated carbocycles. The Morgan fingerprint density at radius 2 is 2.00 bits per heavy atom. The van der Waals surface area contributed by atoms with Gasteiger partial charge in [0.05, 0.1) is 17.4 Å². The van der Waals surface area contributed by atoms with Gasteiger partial charge in [-0.1, -0.05) is 23.4 Å². The fourth-order valence-electron chi connectivity index (χ4n) is 3.27. The van der Waals surface area contributed by atoms with Crippen molar-refractivity contribution < 1.29 is 15.0 Å². The summed E-state index contributed by atoms with van der Waals surface area (Å²) in [5.41, 5.74) is 2.87. The first-order valence-corrected chi connectivity index (χ1v) is 10.5. The van der Waals surface area contributed by atoms with Crippen LogP contribution in [0.4, 0.5) is 5.69 Å². The van der Waals surface area contributed by atoms with Gasteiger partial charge in [0, 0.05) is 43.1 Å². The zero-order chi connectivity index (χ0) is 21.5. The van der Waals surface area contributed by atoms with E-state index >= 15 is 0 Å². The number of carbonyl (C=O) groups excluding carboxylic acids is 1. The largest absolute Gasteiger partial charge is 0.396 e. The summed E-state index contributed by atoms with van der Waals surface area (Å²) < 4.78 is 0. The SMILES string of the molecule is C[C@@H](CCO)Nc1cc(Cl)ncc1C#Cc1ccc(C(=O)N2CCC(O)CC2)cc1. The molecule has 0 radical (unpaired) electrons. The fraction of sp³-hybridized carbons (Fsp3) is 0.391. The number of rotatable bonds is 5. The van der Waals surface area contributed by atoms with Gasteiger partial charge in [0.25, 0.3) is 5.91 Å². The van der Waals surface area contributed by atoms with Crippen LogP contribution >= 0.6 is 11.6 Å². The molecule has 1 saturated heterocycles. The number of aromatic nitrogens is 1. The molecule has 0 bridgehead atoms. The number of piperidine rings is 1. The van der Waals surface area contributed by atoms with E-state index in [9.17, 15) is 9.90 Å². The van der Waals surface area contributed by atoms with Crippen molar-refractivity contribution in [2.75, 3.05) is 25.0 Å². The molecule has 2 aromatic rings. The number of nitrogens with one attached hydrogen (secondary N) is 1. The average Bonchev–Trinajstić information content (AvgIpc) is 2.74. The normalized spacial score (nSPS) is 15.3. The van der Waals surface area contributed by atoms with Crippen LogP contribution in [0.5, 0.6) is 0 Å². The predicted molar refractivity (Wildman–Crippen MR) is 118 cm³/mol. The molecule has 7 heteroatoms. The van der Waals surface area contributed by atoms with Crippen LogP contribution < -0.4 is 5.32 Å². The highest BCUT2D eigenvalue weighted by Gasteiger charge is 2.22. The van der Waals surface area contributed by atoms with E-state index in [-0.39, 0.29) is 24.7 Å². The molecule has 1 aromatic heterocycles. The zero-order valence-corrected chi connectivity index (χ0v) is 17.7. The van der Waals surface area contributed by atoms with Gasteiger partial charge in [0.15, 0.2) is 0 Å². The number of pyridine rings is 1. The summed E-state index contributed by atoms with van der Waals surface area (Å²) in [4.78, 5) is 18.5. The predicted octanol–water partition coefficient (Wildman–Crippen LogP) is 2.91. The van der Waals surface area contributed by atoms with Gasteiger partial charge in [-0.05, 0) is 56.5 Å². The summed E-state index contributed by atoms with van der Waals surface area (Å²) in [7, 11) is 0. The standard InChI is InChI=1S/C23H26ClN3O3/c1-16(10-13-28)26-21-14-22(24)25-15-19(21)7-4-17-2-5-18(6-3-17)23(30)27-11-8-20(29)9-12-27/h2-3,5-6,14-16,20,28-29H,8-13H2,1H3,(H,25,26)/t16-/m0/s1. The van der Waals surface area contributed by atoms with Crippen LogP contribution in [0.3, 0.4) is 0 Å². The third-order valence-corrected chi connectivity index (χ3v) is 5.27. The van der Waals surface area contributed by atoms with Crippen LogP contribution in [0.1, 0.15) is 47.7 Å². The maximum atomic E-state index is 12.6. The summed E-state index contributed by atoms with van der Waals surface area (Å²) in [6.07, 6.45) is 3.17. The number of likely N-dealkylation sites (tertiary alicyclic amines) is 1. The first-order valence-electron chi connectivity index (χ1n) is 10.1. The second-order valence-electron chi connectivity index (χ2n) is 7.46. The van der Waals surface area contributed by atoms with E-state index in [4.69, 9.17) is 16.7 Å². The van der Waals surface area contributed by atoms with Crippen molar-refractivity contribution in [3.05, 3.63) is 58.4 Å². The highest BCUT2D eigenvalue weighted by molar-refractivity contribution is 6.29. The van der Waals surface area contributed by atoms with E-state index in [1.165, 1.54) is 0 Å². The first-order chi connectivity index (χ1) is 14.5. The summed E-state index contributed by atoms with van der Waals surface area (Å²) in [5, 5.41) is 22.4. The average molecular weight is 428 g/mol. The number of carbonyl (C=O) groups is 1. The number of nitrogens with zero attached hydrogens (tertiary/aromatic N) is 2. The van der Waals surface area contributed by atoms with Gasteiger partial charge in [0.1, 0.15) is 5.15 Å². The third-order valence-electron chi connectivity index (χ3n) is 5.06. The molecule has 1 aliphatic heterocycles. The van der Waals surface area contributed by atoms with Gasteiger partial charge < -0.3 is 20.4 Å². The molecule has 0 spiro atoms. The lowest BCUT2D eigenvalue weighted by atomic mass is 10.1. The first kappa shape index (κ1) is 22.1. The Bertz CT molecular complexity index is 929. The van der Waals surface area contributed by atoms with E-state index in [0.717, 1.165) is 11.3 Å². The minimum atomic E-state index is -0.305. The number of halogens is 1. The van der Waals surface area contributed by atoms with Crippen molar-refractivity contribution in [1.29, 1.82) is 0 Å². The number of amides is 1. The third kappa shape index (κ3) is 5.96. The van der Waals surface area contributed by atoms with E-state index in [1.807, 2.05) is 19.1 Å². The van der Waals surface area contributed by atoms with Gasteiger partial charge in [0.2, 0.25) is 0 Å². The van der Waals surface area contributed by atoms with Gasteiger partial charge in [-0.25, -0.2) is 4.98 Å². The van der Waals surface area contributed by atoms with Crippen molar-refractivity contribution in [2.24, 2.45) is 0 Å². The van der Waals surface area contributed by atoms with E-state index in [2.05, 4.69) is 22.1 Å². The molecular formula is C23H26ClN3O3. The molecule has 30 heavy (non-hydrogen) atoms. The van der Waals surface area contributed by atoms with Gasteiger partial charge in [-0.3, -0.25) is 4.79 Å². The van der Waals surface area contributed by atoms with Crippen molar-refractivity contribution in [2.45, 2.75) is 38.3 Å². The van der Waals surface area contributed by atoms with E-state index in [1.54, 1.807) is 29.3 Å². The highest BCUT2D eigenvalue weighted by atomic mass is 35.5. The van der Waals surface area contributed by atoms with Gasteiger partial charge in [-0.2, -0.15) is 0 Å². The number of hydrogen-bond donors (Lipinski definition) is 3. The molecule has 1 amide bonds.